The molecule has 4 nitrogen and oxygen atoms in total. The molecule has 3 rings (SSSR count). The summed E-state index contributed by atoms with van der Waals surface area (Å²) in [4.78, 5) is 14.8. The number of carbonyl (C=O) groups excluding carboxylic acids is 1. The molecule has 0 radical (unpaired) electrons. The number of ether oxygens (including phenoxy) is 1. The second-order valence-electron chi connectivity index (χ2n) is 7.54. The largest absolute Gasteiger partial charge is 0.497 e. The van der Waals surface area contributed by atoms with Gasteiger partial charge in [-0.15, -0.1) is 0 Å². The molecule has 2 aromatic carbocycles. The van der Waals surface area contributed by atoms with Crippen molar-refractivity contribution in [1.29, 1.82) is 0 Å². The van der Waals surface area contributed by atoms with E-state index in [1.54, 1.807) is 7.11 Å². The zero-order valence-corrected chi connectivity index (χ0v) is 18.3. The number of amides is 1. The summed E-state index contributed by atoms with van der Waals surface area (Å²) in [6, 6.07) is 13.9. The van der Waals surface area contributed by atoms with Crippen LogP contribution in [0, 0.1) is 5.92 Å². The highest BCUT2D eigenvalue weighted by Gasteiger charge is 2.24. The summed E-state index contributed by atoms with van der Waals surface area (Å²) < 4.78 is 5.17. The highest BCUT2D eigenvalue weighted by atomic mass is 35.5. The van der Waals surface area contributed by atoms with E-state index in [1.807, 2.05) is 30.3 Å². The Kier molecular flexibility index (Phi) is 8.22. The normalized spacial score (nSPS) is 15.3. The number of nitrogens with zero attached hydrogens (tertiary/aromatic N) is 1. The molecule has 0 saturated carbocycles. The van der Waals surface area contributed by atoms with Gasteiger partial charge in [-0.2, -0.15) is 0 Å². The first-order valence-corrected chi connectivity index (χ1v) is 10.9. The average Bonchev–Trinajstić information content (AvgIpc) is 2.74. The fourth-order valence-corrected chi connectivity index (χ4v) is 4.01. The Morgan fingerprint density at radius 1 is 1.07 bits per heavy atom. The van der Waals surface area contributed by atoms with Gasteiger partial charge in [-0.05, 0) is 74.2 Å². The van der Waals surface area contributed by atoms with Crippen molar-refractivity contribution in [2.24, 2.45) is 5.92 Å². The Balaban J connectivity index is 1.34. The summed E-state index contributed by atoms with van der Waals surface area (Å²) in [5.41, 5.74) is 2.41. The fourth-order valence-electron chi connectivity index (χ4n) is 3.69. The molecule has 1 fully saturated rings. The molecule has 0 bridgehead atoms. The highest BCUT2D eigenvalue weighted by molar-refractivity contribution is 6.42. The lowest BCUT2D eigenvalue weighted by Crippen LogP contribution is -2.40. The van der Waals surface area contributed by atoms with Gasteiger partial charge in [0.1, 0.15) is 5.75 Å². The zero-order valence-electron chi connectivity index (χ0n) is 16.8. The Labute approximate surface area is 183 Å². The second-order valence-corrected chi connectivity index (χ2v) is 8.36. The van der Waals surface area contributed by atoms with E-state index < -0.39 is 0 Å². The van der Waals surface area contributed by atoms with Crippen molar-refractivity contribution in [3.05, 3.63) is 63.6 Å². The van der Waals surface area contributed by atoms with E-state index in [-0.39, 0.29) is 11.8 Å². The summed E-state index contributed by atoms with van der Waals surface area (Å²) in [5, 5.41) is 4.28. The highest BCUT2D eigenvalue weighted by Crippen LogP contribution is 2.25. The molecule has 0 aromatic heterocycles. The maximum absolute atomic E-state index is 12.5. The minimum absolute atomic E-state index is 0.112. The maximum Gasteiger partial charge on any atom is 0.223 e. The molecule has 0 unspecified atom stereocenters. The molecule has 0 aliphatic carbocycles. The predicted octanol–water partition coefficient (Wildman–Crippen LogP) is 4.96. The summed E-state index contributed by atoms with van der Waals surface area (Å²) in [7, 11) is 1.67. The van der Waals surface area contributed by atoms with Crippen LogP contribution in [0.4, 0.5) is 0 Å². The molecule has 1 aliphatic heterocycles. The summed E-state index contributed by atoms with van der Waals surface area (Å²) in [5.74, 6) is 1.17. The minimum Gasteiger partial charge on any atom is -0.497 e. The summed E-state index contributed by atoms with van der Waals surface area (Å²) >= 11 is 12.1. The molecule has 2 aromatic rings. The zero-order chi connectivity index (χ0) is 20.6. The Bertz CT molecular complexity index is 803. The number of halogens is 2. The quantitative estimate of drug-likeness (QED) is 0.596. The van der Waals surface area contributed by atoms with Crippen molar-refractivity contribution in [3.8, 4) is 5.75 Å². The van der Waals surface area contributed by atoms with Crippen molar-refractivity contribution >= 4 is 29.1 Å². The number of likely N-dealkylation sites (tertiary alicyclic amines) is 1. The van der Waals surface area contributed by atoms with E-state index >= 15 is 0 Å². The van der Waals surface area contributed by atoms with Crippen LogP contribution in [0.3, 0.4) is 0 Å². The third-order valence-electron chi connectivity index (χ3n) is 5.45. The lowest BCUT2D eigenvalue weighted by molar-refractivity contribution is -0.126. The molecule has 1 heterocycles. The van der Waals surface area contributed by atoms with Gasteiger partial charge in [-0.3, -0.25) is 9.69 Å². The smallest absolute Gasteiger partial charge is 0.223 e. The number of methoxy groups -OCH3 is 1. The maximum atomic E-state index is 12.5. The summed E-state index contributed by atoms with van der Waals surface area (Å²) in [6.07, 6.45) is 3.68. The molecule has 29 heavy (non-hydrogen) atoms. The van der Waals surface area contributed by atoms with Gasteiger partial charge in [0.15, 0.2) is 0 Å². The van der Waals surface area contributed by atoms with Gasteiger partial charge < -0.3 is 10.1 Å². The Hall–Kier alpha value is -1.75. The van der Waals surface area contributed by atoms with Gasteiger partial charge >= 0.3 is 0 Å². The number of nitrogens with one attached hydrogen (secondary N) is 1. The topological polar surface area (TPSA) is 41.6 Å². The SMILES string of the molecule is COc1ccc(CCCNC(=O)C2CCN(Cc3ccc(Cl)c(Cl)c3)CC2)cc1. The molecular weight excluding hydrogens is 407 g/mol. The van der Waals surface area contributed by atoms with Gasteiger partial charge in [0, 0.05) is 19.0 Å². The number of rotatable bonds is 8. The first-order valence-electron chi connectivity index (χ1n) is 10.1. The summed E-state index contributed by atoms with van der Waals surface area (Å²) in [6.45, 7) is 3.40. The average molecular weight is 435 g/mol. The lowest BCUT2D eigenvalue weighted by atomic mass is 9.95. The van der Waals surface area contributed by atoms with Crippen molar-refractivity contribution < 1.29 is 9.53 Å². The van der Waals surface area contributed by atoms with Gasteiger partial charge in [-0.25, -0.2) is 0 Å². The molecule has 1 aliphatic rings. The van der Waals surface area contributed by atoms with Crippen LogP contribution < -0.4 is 10.1 Å². The first-order chi connectivity index (χ1) is 14.0. The predicted molar refractivity (Wildman–Crippen MR) is 119 cm³/mol. The van der Waals surface area contributed by atoms with Crippen molar-refractivity contribution in [2.45, 2.75) is 32.2 Å². The van der Waals surface area contributed by atoms with Crippen LogP contribution in [0.1, 0.15) is 30.4 Å². The Morgan fingerprint density at radius 3 is 2.41 bits per heavy atom. The molecule has 6 heteroatoms. The fraction of sp³-hybridized carbons (Fsp3) is 0.435. The molecule has 1 saturated heterocycles. The van der Waals surface area contributed by atoms with E-state index in [0.717, 1.165) is 56.6 Å². The molecule has 1 N–H and O–H groups in total. The van der Waals surface area contributed by atoms with Crippen LogP contribution in [0.5, 0.6) is 5.75 Å². The number of carbonyl (C=O) groups is 1. The number of benzene rings is 2. The van der Waals surface area contributed by atoms with Gasteiger partial charge in [0.2, 0.25) is 5.91 Å². The third kappa shape index (κ3) is 6.63. The minimum atomic E-state index is 0.112. The number of aryl methyl sites for hydroxylation is 1. The lowest BCUT2D eigenvalue weighted by Gasteiger charge is -2.31. The van der Waals surface area contributed by atoms with Crippen LogP contribution in [0.15, 0.2) is 42.5 Å². The molecule has 0 atom stereocenters. The van der Waals surface area contributed by atoms with E-state index in [4.69, 9.17) is 27.9 Å². The number of piperidine rings is 1. The first kappa shape index (κ1) is 21.9. The van der Waals surface area contributed by atoms with E-state index in [0.29, 0.717) is 16.6 Å². The number of hydrogen-bond donors (Lipinski definition) is 1. The second kappa shape index (κ2) is 10.9. The molecule has 0 spiro atoms. The van der Waals surface area contributed by atoms with E-state index in [9.17, 15) is 4.79 Å². The van der Waals surface area contributed by atoms with E-state index in [2.05, 4.69) is 22.3 Å². The monoisotopic (exact) mass is 434 g/mol. The molecule has 156 valence electrons. The van der Waals surface area contributed by atoms with E-state index in [1.165, 1.54) is 5.56 Å². The third-order valence-corrected chi connectivity index (χ3v) is 6.19. The number of hydrogen-bond acceptors (Lipinski definition) is 3. The molecule has 1 amide bonds. The Morgan fingerprint density at radius 2 is 1.76 bits per heavy atom. The molecular formula is C23H28Cl2N2O2. The van der Waals surface area contributed by atoms with Crippen LogP contribution >= 0.6 is 23.2 Å². The van der Waals surface area contributed by atoms with Gasteiger partial charge in [-0.1, -0.05) is 41.4 Å². The van der Waals surface area contributed by atoms with Crippen LogP contribution in [0.2, 0.25) is 10.0 Å². The van der Waals surface area contributed by atoms with Crippen molar-refractivity contribution in [1.82, 2.24) is 10.2 Å². The van der Waals surface area contributed by atoms with Crippen LogP contribution in [-0.4, -0.2) is 37.6 Å². The van der Waals surface area contributed by atoms with Crippen LogP contribution in [0.25, 0.3) is 0 Å². The van der Waals surface area contributed by atoms with Gasteiger partial charge in [0.05, 0.1) is 17.2 Å². The van der Waals surface area contributed by atoms with Crippen molar-refractivity contribution in [2.75, 3.05) is 26.7 Å². The van der Waals surface area contributed by atoms with Gasteiger partial charge in [0.25, 0.3) is 0 Å². The van der Waals surface area contributed by atoms with Crippen LogP contribution in [-0.2, 0) is 17.8 Å². The van der Waals surface area contributed by atoms with Crippen molar-refractivity contribution in [3.63, 3.8) is 0 Å². The standard InChI is InChI=1S/C23H28Cl2N2O2/c1-29-20-7-4-17(5-8-20)3-2-12-26-23(28)19-10-13-27(14-11-19)16-18-6-9-21(24)22(25)15-18/h4-9,15,19H,2-3,10-14,16H2,1H3,(H,26,28).